The molecule has 0 aliphatic heterocycles. The van der Waals surface area contributed by atoms with Crippen molar-refractivity contribution in [1.29, 1.82) is 0 Å². The fraction of sp³-hybridized carbons (Fsp3) is 0.143. The molecule has 0 spiro atoms. The first kappa shape index (κ1) is 9.59. The number of hydrogen-bond donors (Lipinski definition) is 2. The maximum absolute atomic E-state index is 10.5. The fourth-order valence-corrected chi connectivity index (χ4v) is 1.54. The predicted molar refractivity (Wildman–Crippen MR) is 53.4 cm³/mol. The lowest BCUT2D eigenvalue weighted by atomic mass is 10.6. The molecule has 8 heteroatoms. The zero-order chi connectivity index (χ0) is 10.8. The maximum Gasteiger partial charge on any atom is 0.367 e. The smallest absolute Gasteiger partial charge is 0.367 e. The average Bonchev–Trinajstić information content (AvgIpc) is 2.76. The fourth-order valence-electron chi connectivity index (χ4n) is 0.951. The topological polar surface area (TPSA) is 92.9 Å². The van der Waals surface area contributed by atoms with Gasteiger partial charge in [0.05, 0.1) is 0 Å². The molecule has 2 aromatic rings. The van der Waals surface area contributed by atoms with E-state index >= 15 is 0 Å². The van der Waals surface area contributed by atoms with E-state index in [9.17, 15) is 4.79 Å². The van der Waals surface area contributed by atoms with Gasteiger partial charge in [-0.15, -0.1) is 10.2 Å². The van der Waals surface area contributed by atoms with Crippen molar-refractivity contribution in [2.24, 2.45) is 7.05 Å². The van der Waals surface area contributed by atoms with Crippen molar-refractivity contribution in [1.82, 2.24) is 20.0 Å². The summed E-state index contributed by atoms with van der Waals surface area (Å²) in [6.07, 6.45) is 1.77. The van der Waals surface area contributed by atoms with Crippen LogP contribution in [0.1, 0.15) is 9.80 Å². The van der Waals surface area contributed by atoms with Crippen LogP contribution in [0, 0.1) is 0 Å². The van der Waals surface area contributed by atoms with E-state index in [1.54, 1.807) is 24.0 Å². The molecular weight excluding hydrogens is 218 g/mol. The van der Waals surface area contributed by atoms with Crippen molar-refractivity contribution in [3.63, 3.8) is 0 Å². The molecule has 0 aliphatic rings. The molecule has 7 nitrogen and oxygen atoms in total. The summed E-state index contributed by atoms with van der Waals surface area (Å²) in [7, 11) is 1.79. The third-order valence-corrected chi connectivity index (χ3v) is 2.38. The van der Waals surface area contributed by atoms with Crippen LogP contribution in [-0.2, 0) is 7.05 Å². The lowest BCUT2D eigenvalue weighted by Crippen LogP contribution is -1.93. The first-order valence-electron chi connectivity index (χ1n) is 3.98. The van der Waals surface area contributed by atoms with E-state index in [-0.39, 0.29) is 5.01 Å². The highest BCUT2D eigenvalue weighted by molar-refractivity contribution is 7.17. The van der Waals surface area contributed by atoms with Crippen molar-refractivity contribution in [2.45, 2.75) is 0 Å². The van der Waals surface area contributed by atoms with E-state index in [0.717, 1.165) is 11.3 Å². The number of carboxylic acid groups (broad SMARTS) is 1. The van der Waals surface area contributed by atoms with E-state index in [1.165, 1.54) is 0 Å². The summed E-state index contributed by atoms with van der Waals surface area (Å²) in [6.45, 7) is 0. The van der Waals surface area contributed by atoms with Crippen molar-refractivity contribution in [2.75, 3.05) is 5.32 Å². The van der Waals surface area contributed by atoms with Gasteiger partial charge in [0.15, 0.2) is 5.82 Å². The summed E-state index contributed by atoms with van der Waals surface area (Å²) in [5, 5.41) is 23.1. The van der Waals surface area contributed by atoms with E-state index in [1.807, 2.05) is 0 Å². The zero-order valence-electron chi connectivity index (χ0n) is 7.71. The monoisotopic (exact) mass is 225 g/mol. The predicted octanol–water partition coefficient (Wildman–Crippen LogP) is 0.713. The van der Waals surface area contributed by atoms with Gasteiger partial charge in [-0.05, 0) is 0 Å². The third-order valence-electron chi connectivity index (χ3n) is 1.56. The molecule has 78 valence electrons. The second-order valence-electron chi connectivity index (χ2n) is 2.72. The van der Waals surface area contributed by atoms with Gasteiger partial charge >= 0.3 is 5.97 Å². The molecule has 15 heavy (non-hydrogen) atoms. The molecule has 0 fully saturated rings. The van der Waals surface area contributed by atoms with Gasteiger partial charge in [0.2, 0.25) is 10.1 Å². The number of rotatable bonds is 3. The van der Waals surface area contributed by atoms with Crippen molar-refractivity contribution in [3.05, 3.63) is 17.3 Å². The van der Waals surface area contributed by atoms with E-state index in [2.05, 4.69) is 20.6 Å². The van der Waals surface area contributed by atoms with Crippen LogP contribution in [0.25, 0.3) is 0 Å². The molecule has 0 aromatic carbocycles. The summed E-state index contributed by atoms with van der Waals surface area (Å²) in [5.41, 5.74) is 0. The molecule has 0 saturated carbocycles. The minimum Gasteiger partial charge on any atom is -0.476 e. The summed E-state index contributed by atoms with van der Waals surface area (Å²) >= 11 is 0.963. The first-order valence-corrected chi connectivity index (χ1v) is 4.80. The lowest BCUT2D eigenvalue weighted by Gasteiger charge is -1.93. The van der Waals surface area contributed by atoms with E-state index < -0.39 is 5.97 Å². The molecule has 0 atom stereocenters. The van der Waals surface area contributed by atoms with Crippen LogP contribution >= 0.6 is 11.3 Å². The minimum absolute atomic E-state index is 0.0477. The average molecular weight is 225 g/mol. The largest absolute Gasteiger partial charge is 0.476 e. The molecule has 0 unspecified atom stereocenters. The Hall–Kier alpha value is -1.96. The van der Waals surface area contributed by atoms with Gasteiger partial charge in [-0.2, -0.15) is 5.10 Å². The highest BCUT2D eigenvalue weighted by atomic mass is 32.1. The summed E-state index contributed by atoms with van der Waals surface area (Å²) in [6, 6.07) is 1.75. The molecular formula is C7H7N5O2S. The third kappa shape index (κ3) is 2.10. The standard InChI is InChI=1S/C7H7N5O2S/c1-12-3-2-4(11-12)8-7-10-9-5(15-7)6(13)14/h2-3H,1H3,(H,13,14)(H,8,10,11). The molecule has 0 saturated heterocycles. The number of anilines is 2. The Kier molecular flexibility index (Phi) is 2.34. The van der Waals surface area contributed by atoms with Crippen LogP contribution in [0.4, 0.5) is 10.9 Å². The van der Waals surface area contributed by atoms with Crippen molar-refractivity contribution >= 4 is 28.3 Å². The van der Waals surface area contributed by atoms with Gasteiger partial charge in [-0.1, -0.05) is 11.3 Å². The first-order chi connectivity index (χ1) is 7.15. The Balaban J connectivity index is 2.14. The second kappa shape index (κ2) is 3.65. The number of carboxylic acids is 1. The number of carbonyl (C=O) groups is 1. The van der Waals surface area contributed by atoms with Gasteiger partial charge in [-0.3, -0.25) is 4.68 Å². The Morgan fingerprint density at radius 2 is 2.40 bits per heavy atom. The van der Waals surface area contributed by atoms with Gasteiger partial charge in [0.25, 0.3) is 0 Å². The van der Waals surface area contributed by atoms with Crippen LogP contribution in [0.15, 0.2) is 12.3 Å². The van der Waals surface area contributed by atoms with E-state index in [4.69, 9.17) is 5.11 Å². The number of aromatic carboxylic acids is 1. The van der Waals surface area contributed by atoms with Crippen molar-refractivity contribution in [3.8, 4) is 0 Å². The molecule has 0 amide bonds. The highest BCUT2D eigenvalue weighted by Crippen LogP contribution is 2.18. The lowest BCUT2D eigenvalue weighted by molar-refractivity contribution is 0.0695. The molecule has 2 aromatic heterocycles. The van der Waals surface area contributed by atoms with Crippen LogP contribution in [0.5, 0.6) is 0 Å². The highest BCUT2D eigenvalue weighted by Gasteiger charge is 2.11. The SMILES string of the molecule is Cn1ccc(Nc2nnc(C(=O)O)s2)n1. The second-order valence-corrected chi connectivity index (χ2v) is 3.69. The molecule has 2 heterocycles. The summed E-state index contributed by atoms with van der Waals surface area (Å²) in [5.74, 6) is -0.479. The van der Waals surface area contributed by atoms with Crippen LogP contribution in [0.3, 0.4) is 0 Å². The molecule has 0 aliphatic carbocycles. The van der Waals surface area contributed by atoms with Gasteiger partial charge in [0.1, 0.15) is 0 Å². The maximum atomic E-state index is 10.5. The Labute approximate surface area is 88.4 Å². The van der Waals surface area contributed by atoms with Crippen LogP contribution < -0.4 is 5.32 Å². The number of hydrogen-bond acceptors (Lipinski definition) is 6. The van der Waals surface area contributed by atoms with Gasteiger partial charge < -0.3 is 10.4 Å². The summed E-state index contributed by atoms with van der Waals surface area (Å²) < 4.78 is 1.63. The minimum atomic E-state index is -1.08. The number of aryl methyl sites for hydroxylation is 1. The van der Waals surface area contributed by atoms with Gasteiger partial charge in [-0.25, -0.2) is 4.79 Å². The summed E-state index contributed by atoms with van der Waals surface area (Å²) in [4.78, 5) is 10.5. The quantitative estimate of drug-likeness (QED) is 0.799. The molecule has 2 rings (SSSR count). The van der Waals surface area contributed by atoms with Crippen LogP contribution in [0.2, 0.25) is 0 Å². The number of nitrogens with one attached hydrogen (secondary N) is 1. The Morgan fingerprint density at radius 3 is 2.93 bits per heavy atom. The van der Waals surface area contributed by atoms with Crippen LogP contribution in [-0.4, -0.2) is 31.1 Å². The number of nitrogens with zero attached hydrogens (tertiary/aromatic N) is 4. The molecule has 0 bridgehead atoms. The Morgan fingerprint density at radius 1 is 1.60 bits per heavy atom. The normalized spacial score (nSPS) is 10.2. The molecule has 0 radical (unpaired) electrons. The molecule has 2 N–H and O–H groups in total. The van der Waals surface area contributed by atoms with Gasteiger partial charge in [0, 0.05) is 19.3 Å². The van der Waals surface area contributed by atoms with Crippen molar-refractivity contribution < 1.29 is 9.90 Å². The van der Waals surface area contributed by atoms with E-state index in [0.29, 0.717) is 10.9 Å². The zero-order valence-corrected chi connectivity index (χ0v) is 8.52. The Bertz CT molecular complexity index is 491. The number of aromatic nitrogens is 4.